The van der Waals surface area contributed by atoms with Crippen LogP contribution in [0.15, 0.2) is 82.6 Å². The fourth-order valence-electron chi connectivity index (χ4n) is 3.40. The second-order valence-electron chi connectivity index (χ2n) is 9.25. The number of methoxy groups -OCH3 is 1. The van der Waals surface area contributed by atoms with Crippen LogP contribution in [0, 0.1) is 0 Å². The summed E-state index contributed by atoms with van der Waals surface area (Å²) in [7, 11) is -2.69. The number of carbonyl (C=O) groups is 2. The molecule has 1 amide bonds. The van der Waals surface area contributed by atoms with Crippen LogP contribution in [0.1, 0.15) is 42.3 Å². The molecule has 0 heterocycles. The Kier molecular flexibility index (Phi) is 8.94. The van der Waals surface area contributed by atoms with E-state index >= 15 is 0 Å². The molecule has 0 bridgehead atoms. The molecule has 3 aromatic rings. The number of ether oxygens (including phenoxy) is 3. The molecule has 0 aromatic heterocycles. The van der Waals surface area contributed by atoms with Crippen molar-refractivity contribution in [2.24, 2.45) is 0 Å². The number of sulfone groups is 1. The molecule has 0 spiro atoms. The fraction of sp³-hybridized carbons (Fsp3) is 0.286. The average Bonchev–Trinajstić information content (AvgIpc) is 2.86. The van der Waals surface area contributed by atoms with E-state index < -0.39 is 27.5 Å². The Hall–Kier alpha value is -3.85. The maximum Gasteiger partial charge on any atom is 0.407 e. The maximum absolute atomic E-state index is 13.3. The molecule has 3 aromatic carbocycles. The maximum atomic E-state index is 13.3. The lowest BCUT2D eigenvalue weighted by Gasteiger charge is -2.19. The number of amides is 1. The summed E-state index contributed by atoms with van der Waals surface area (Å²) in [6, 6.07) is 19.9. The first-order valence-electron chi connectivity index (χ1n) is 11.7. The number of nitrogens with one attached hydrogen (secondary N) is 1. The van der Waals surface area contributed by atoms with Gasteiger partial charge in [-0.3, -0.25) is 0 Å². The van der Waals surface area contributed by atoms with Gasteiger partial charge in [0.2, 0.25) is 9.84 Å². The van der Waals surface area contributed by atoms with Crippen molar-refractivity contribution in [2.45, 2.75) is 49.2 Å². The lowest BCUT2D eigenvalue weighted by atomic mass is 10.1. The highest BCUT2D eigenvalue weighted by atomic mass is 32.2. The van der Waals surface area contributed by atoms with Crippen LogP contribution in [-0.2, 0) is 32.3 Å². The molecule has 0 atom stereocenters. The Labute approximate surface area is 217 Å². The summed E-state index contributed by atoms with van der Waals surface area (Å²) >= 11 is 0. The van der Waals surface area contributed by atoms with Gasteiger partial charge in [0.05, 0.1) is 16.9 Å². The molecule has 0 aliphatic heterocycles. The molecule has 8 nitrogen and oxygen atoms in total. The van der Waals surface area contributed by atoms with Crippen LogP contribution in [0.4, 0.5) is 4.79 Å². The van der Waals surface area contributed by atoms with Gasteiger partial charge in [-0.05, 0) is 68.7 Å². The quantitative estimate of drug-likeness (QED) is 0.394. The van der Waals surface area contributed by atoms with Gasteiger partial charge in [-0.25, -0.2) is 18.0 Å². The summed E-state index contributed by atoms with van der Waals surface area (Å²) in [5, 5.41) is 2.67. The minimum atomic E-state index is -3.91. The Morgan fingerprint density at radius 3 is 2.14 bits per heavy atom. The standard InChI is InChI=1S/C28H31NO7S/c1-28(2,3)36-27(31)29-17-16-20-10-12-22(13-11-20)37(32,33)23-14-15-25(24(18-23)26(30)34-4)35-19-21-8-6-5-7-9-21/h5-15,18H,16-17,19H2,1-4H3,(H,29,31). The van der Waals surface area contributed by atoms with Gasteiger partial charge in [0.1, 0.15) is 23.5 Å². The van der Waals surface area contributed by atoms with Crippen LogP contribution in [0.3, 0.4) is 0 Å². The van der Waals surface area contributed by atoms with E-state index in [0.29, 0.717) is 13.0 Å². The highest BCUT2D eigenvalue weighted by Crippen LogP contribution is 2.28. The molecule has 37 heavy (non-hydrogen) atoms. The van der Waals surface area contributed by atoms with Crippen molar-refractivity contribution in [2.75, 3.05) is 13.7 Å². The number of hydrogen-bond acceptors (Lipinski definition) is 7. The summed E-state index contributed by atoms with van der Waals surface area (Å²) in [4.78, 5) is 24.2. The Morgan fingerprint density at radius 2 is 1.51 bits per heavy atom. The Morgan fingerprint density at radius 1 is 0.865 bits per heavy atom. The average molecular weight is 526 g/mol. The molecule has 0 fully saturated rings. The summed E-state index contributed by atoms with van der Waals surface area (Å²) in [5.74, 6) is -0.476. The summed E-state index contributed by atoms with van der Waals surface area (Å²) in [6.45, 7) is 5.90. The molecule has 0 unspecified atom stereocenters. The van der Waals surface area contributed by atoms with Gasteiger partial charge >= 0.3 is 12.1 Å². The third kappa shape index (κ3) is 7.82. The first kappa shape index (κ1) is 27.7. The zero-order valence-corrected chi connectivity index (χ0v) is 22.1. The highest BCUT2D eigenvalue weighted by molar-refractivity contribution is 7.91. The molecule has 196 valence electrons. The van der Waals surface area contributed by atoms with E-state index in [4.69, 9.17) is 14.2 Å². The van der Waals surface area contributed by atoms with Crippen molar-refractivity contribution in [3.8, 4) is 5.75 Å². The summed E-state index contributed by atoms with van der Waals surface area (Å²) in [5.41, 5.74) is 1.18. The molecule has 0 aliphatic rings. The predicted octanol–water partition coefficient (Wildman–Crippen LogP) is 4.95. The fourth-order valence-corrected chi connectivity index (χ4v) is 4.69. The lowest BCUT2D eigenvalue weighted by Crippen LogP contribution is -2.33. The van der Waals surface area contributed by atoms with E-state index in [0.717, 1.165) is 11.1 Å². The first-order chi connectivity index (χ1) is 17.5. The SMILES string of the molecule is COC(=O)c1cc(S(=O)(=O)c2ccc(CCNC(=O)OC(C)(C)C)cc2)ccc1OCc1ccccc1. The number of esters is 1. The van der Waals surface area contributed by atoms with Crippen molar-refractivity contribution < 1.29 is 32.2 Å². The minimum Gasteiger partial charge on any atom is -0.488 e. The number of alkyl carbamates (subject to hydrolysis) is 1. The van der Waals surface area contributed by atoms with Gasteiger partial charge in [-0.1, -0.05) is 42.5 Å². The minimum absolute atomic E-state index is 0.0179. The first-order valence-corrected chi connectivity index (χ1v) is 13.2. The normalized spacial score (nSPS) is 11.5. The molecule has 3 rings (SSSR count). The Bertz CT molecular complexity index is 1330. The van der Waals surface area contributed by atoms with Gasteiger partial charge in [-0.2, -0.15) is 0 Å². The number of hydrogen-bond donors (Lipinski definition) is 1. The lowest BCUT2D eigenvalue weighted by molar-refractivity contribution is 0.0527. The van der Waals surface area contributed by atoms with Crippen LogP contribution < -0.4 is 10.1 Å². The van der Waals surface area contributed by atoms with Crippen LogP contribution in [0.5, 0.6) is 5.75 Å². The zero-order valence-electron chi connectivity index (χ0n) is 21.3. The third-order valence-electron chi connectivity index (χ3n) is 5.22. The Balaban J connectivity index is 1.73. The van der Waals surface area contributed by atoms with Crippen LogP contribution in [0.2, 0.25) is 0 Å². The largest absolute Gasteiger partial charge is 0.488 e. The van der Waals surface area contributed by atoms with Crippen molar-refractivity contribution >= 4 is 21.9 Å². The second kappa shape index (κ2) is 11.9. The van der Waals surface area contributed by atoms with Gasteiger partial charge in [-0.15, -0.1) is 0 Å². The highest BCUT2D eigenvalue weighted by Gasteiger charge is 2.23. The molecule has 0 radical (unpaired) electrons. The molecule has 0 saturated heterocycles. The van der Waals surface area contributed by atoms with Crippen molar-refractivity contribution in [1.29, 1.82) is 0 Å². The van der Waals surface area contributed by atoms with Crippen molar-refractivity contribution in [1.82, 2.24) is 5.32 Å². The van der Waals surface area contributed by atoms with E-state index in [1.54, 1.807) is 32.9 Å². The summed E-state index contributed by atoms with van der Waals surface area (Å²) in [6.07, 6.45) is -0.0104. The van der Waals surface area contributed by atoms with Gasteiger partial charge in [0, 0.05) is 6.54 Å². The zero-order chi connectivity index (χ0) is 27.1. The number of rotatable bonds is 9. The van der Waals surface area contributed by atoms with E-state index in [9.17, 15) is 18.0 Å². The molecular formula is C28H31NO7S. The molecule has 0 saturated carbocycles. The van der Waals surface area contributed by atoms with Gasteiger partial charge < -0.3 is 19.5 Å². The predicted molar refractivity (Wildman–Crippen MR) is 138 cm³/mol. The van der Waals surface area contributed by atoms with Crippen molar-refractivity contribution in [3.63, 3.8) is 0 Å². The molecule has 0 aliphatic carbocycles. The van der Waals surface area contributed by atoms with E-state index in [1.165, 1.54) is 37.4 Å². The monoisotopic (exact) mass is 525 g/mol. The topological polar surface area (TPSA) is 108 Å². The van der Waals surface area contributed by atoms with Crippen LogP contribution in [0.25, 0.3) is 0 Å². The third-order valence-corrected chi connectivity index (χ3v) is 6.99. The van der Waals surface area contributed by atoms with Crippen LogP contribution >= 0.6 is 0 Å². The molecular weight excluding hydrogens is 494 g/mol. The van der Waals surface area contributed by atoms with Crippen LogP contribution in [-0.4, -0.2) is 39.7 Å². The summed E-state index contributed by atoms with van der Waals surface area (Å²) < 4.78 is 42.4. The number of carbonyl (C=O) groups excluding carboxylic acids is 2. The molecule has 1 N–H and O–H groups in total. The smallest absolute Gasteiger partial charge is 0.407 e. The number of benzene rings is 3. The second-order valence-corrected chi connectivity index (χ2v) is 11.2. The van der Waals surface area contributed by atoms with Gasteiger partial charge in [0.15, 0.2) is 0 Å². The van der Waals surface area contributed by atoms with Gasteiger partial charge in [0.25, 0.3) is 0 Å². The van der Waals surface area contributed by atoms with E-state index in [1.807, 2.05) is 30.3 Å². The van der Waals surface area contributed by atoms with Crippen molar-refractivity contribution in [3.05, 3.63) is 89.5 Å². The van der Waals surface area contributed by atoms with E-state index in [2.05, 4.69) is 5.32 Å². The molecule has 9 heteroatoms. The van der Waals surface area contributed by atoms with E-state index in [-0.39, 0.29) is 27.7 Å².